The van der Waals surface area contributed by atoms with Crippen LogP contribution in [0.3, 0.4) is 0 Å². The molecule has 0 atom stereocenters. The highest BCUT2D eigenvalue weighted by atomic mass is 32.1. The maximum absolute atomic E-state index is 4.35. The van der Waals surface area contributed by atoms with E-state index < -0.39 is 0 Å². The topological polar surface area (TPSA) is 40.7 Å². The Morgan fingerprint density at radius 3 is 3.07 bits per heavy atom. The van der Waals surface area contributed by atoms with Gasteiger partial charge in [0.25, 0.3) is 0 Å². The van der Waals surface area contributed by atoms with Crippen LogP contribution < -0.4 is 5.32 Å². The zero-order valence-electron chi connectivity index (χ0n) is 9.00. The molecule has 0 aliphatic rings. The van der Waals surface area contributed by atoms with Crippen molar-refractivity contribution in [2.45, 2.75) is 13.3 Å². The van der Waals surface area contributed by atoms with Crippen LogP contribution in [0, 0.1) is 6.92 Å². The fourth-order valence-corrected chi connectivity index (χ4v) is 2.50. The fourth-order valence-electron chi connectivity index (χ4n) is 1.65. The van der Waals surface area contributed by atoms with Crippen LogP contribution in [0.4, 0.5) is 0 Å². The summed E-state index contributed by atoms with van der Waals surface area (Å²) < 4.78 is 0. The Kier molecular flexibility index (Phi) is 3.18. The van der Waals surface area contributed by atoms with Gasteiger partial charge in [0.1, 0.15) is 0 Å². The molecule has 0 saturated heterocycles. The van der Waals surface area contributed by atoms with Gasteiger partial charge in [-0.2, -0.15) is 5.10 Å². The van der Waals surface area contributed by atoms with Gasteiger partial charge in [-0.3, -0.25) is 5.10 Å². The van der Waals surface area contributed by atoms with Crippen molar-refractivity contribution < 1.29 is 0 Å². The minimum atomic E-state index is 0.961. The molecule has 0 amide bonds. The van der Waals surface area contributed by atoms with E-state index >= 15 is 0 Å². The maximum Gasteiger partial charge on any atom is 0.0724 e. The molecule has 2 rings (SSSR count). The molecule has 2 aromatic rings. The Balaban J connectivity index is 2.32. The summed E-state index contributed by atoms with van der Waals surface area (Å²) in [6.07, 6.45) is 0.966. The van der Waals surface area contributed by atoms with Gasteiger partial charge in [-0.1, -0.05) is 6.07 Å². The first-order chi connectivity index (χ1) is 7.33. The van der Waals surface area contributed by atoms with Crippen molar-refractivity contribution in [1.82, 2.24) is 15.5 Å². The number of nitrogens with zero attached hydrogens (tertiary/aromatic N) is 1. The predicted octanol–water partition coefficient (Wildman–Crippen LogP) is 2.21. The second-order valence-corrected chi connectivity index (χ2v) is 4.45. The second-order valence-electron chi connectivity index (χ2n) is 3.50. The van der Waals surface area contributed by atoms with Gasteiger partial charge < -0.3 is 5.32 Å². The summed E-state index contributed by atoms with van der Waals surface area (Å²) >= 11 is 1.76. The van der Waals surface area contributed by atoms with E-state index in [-0.39, 0.29) is 0 Å². The third kappa shape index (κ3) is 2.11. The van der Waals surface area contributed by atoms with Crippen molar-refractivity contribution in [3.8, 4) is 10.4 Å². The number of hydrogen-bond donors (Lipinski definition) is 2. The zero-order chi connectivity index (χ0) is 10.7. The maximum atomic E-state index is 4.35. The summed E-state index contributed by atoms with van der Waals surface area (Å²) in [4.78, 5) is 1.30. The number of thiophene rings is 1. The van der Waals surface area contributed by atoms with Gasteiger partial charge in [-0.15, -0.1) is 11.3 Å². The molecule has 0 bridgehead atoms. The van der Waals surface area contributed by atoms with Crippen LogP contribution >= 0.6 is 11.3 Å². The van der Waals surface area contributed by atoms with Gasteiger partial charge in [-0.05, 0) is 25.4 Å². The van der Waals surface area contributed by atoms with E-state index in [9.17, 15) is 0 Å². The minimum absolute atomic E-state index is 0.961. The molecule has 80 valence electrons. The van der Waals surface area contributed by atoms with Crippen LogP contribution in [0.1, 0.15) is 11.4 Å². The Hall–Kier alpha value is -1.13. The molecule has 3 nitrogen and oxygen atoms in total. The number of aryl methyl sites for hydroxylation is 1. The summed E-state index contributed by atoms with van der Waals surface area (Å²) in [7, 11) is 1.96. The van der Waals surface area contributed by atoms with Gasteiger partial charge >= 0.3 is 0 Å². The number of H-pyrrole nitrogens is 1. The molecule has 0 saturated carbocycles. The lowest BCUT2D eigenvalue weighted by molar-refractivity contribution is 0.773. The van der Waals surface area contributed by atoms with Crippen molar-refractivity contribution >= 4 is 11.3 Å². The second kappa shape index (κ2) is 4.59. The summed E-state index contributed by atoms with van der Waals surface area (Å²) in [6.45, 7) is 3.04. The van der Waals surface area contributed by atoms with Gasteiger partial charge in [0.2, 0.25) is 0 Å². The lowest BCUT2D eigenvalue weighted by atomic mass is 10.1. The average molecular weight is 221 g/mol. The smallest absolute Gasteiger partial charge is 0.0724 e. The van der Waals surface area contributed by atoms with Crippen LogP contribution in [0.5, 0.6) is 0 Å². The third-order valence-corrected chi connectivity index (χ3v) is 3.29. The number of likely N-dealkylation sites (N-methyl/N-ethyl adjacent to an activating group) is 1. The van der Waals surface area contributed by atoms with Gasteiger partial charge in [-0.25, -0.2) is 0 Å². The van der Waals surface area contributed by atoms with Gasteiger partial charge in [0, 0.05) is 29.1 Å². The SMILES string of the molecule is CNCCc1n[nH]c(C)c1-c1cccs1. The van der Waals surface area contributed by atoms with E-state index in [0.717, 1.165) is 24.4 Å². The molecule has 2 aromatic heterocycles. The molecular formula is C11H15N3S. The summed E-state index contributed by atoms with van der Waals surface area (Å²) in [6, 6.07) is 4.22. The van der Waals surface area contributed by atoms with Crippen LogP contribution in [-0.2, 0) is 6.42 Å². The van der Waals surface area contributed by atoms with E-state index in [0.29, 0.717) is 0 Å². The number of hydrogen-bond acceptors (Lipinski definition) is 3. The Bertz CT molecular complexity index is 417. The Morgan fingerprint density at radius 2 is 2.40 bits per heavy atom. The first-order valence-electron chi connectivity index (χ1n) is 5.05. The lowest BCUT2D eigenvalue weighted by Crippen LogP contribution is -2.10. The molecule has 0 radical (unpaired) electrons. The van der Waals surface area contributed by atoms with E-state index in [2.05, 4.69) is 40.0 Å². The first-order valence-corrected chi connectivity index (χ1v) is 5.93. The summed E-state index contributed by atoms with van der Waals surface area (Å²) in [5.41, 5.74) is 3.59. The molecular weight excluding hydrogens is 206 g/mol. The highest BCUT2D eigenvalue weighted by molar-refractivity contribution is 7.13. The molecule has 0 aliphatic carbocycles. The molecule has 0 fully saturated rings. The van der Waals surface area contributed by atoms with Crippen LogP contribution in [-0.4, -0.2) is 23.8 Å². The van der Waals surface area contributed by atoms with Crippen molar-refractivity contribution in [3.63, 3.8) is 0 Å². The van der Waals surface area contributed by atoms with E-state index in [4.69, 9.17) is 0 Å². The fraction of sp³-hybridized carbons (Fsp3) is 0.364. The molecule has 0 unspecified atom stereocenters. The monoisotopic (exact) mass is 221 g/mol. The summed E-state index contributed by atoms with van der Waals surface area (Å²) in [5, 5.41) is 12.7. The van der Waals surface area contributed by atoms with E-state index in [1.165, 1.54) is 10.4 Å². The third-order valence-electron chi connectivity index (χ3n) is 2.40. The molecule has 15 heavy (non-hydrogen) atoms. The quantitative estimate of drug-likeness (QED) is 0.831. The largest absolute Gasteiger partial charge is 0.319 e. The molecule has 0 aliphatic heterocycles. The normalized spacial score (nSPS) is 10.8. The van der Waals surface area contributed by atoms with Crippen LogP contribution in [0.15, 0.2) is 17.5 Å². The van der Waals surface area contributed by atoms with E-state index in [1.807, 2.05) is 7.05 Å². The van der Waals surface area contributed by atoms with Crippen molar-refractivity contribution in [3.05, 3.63) is 28.9 Å². The molecule has 0 aromatic carbocycles. The van der Waals surface area contributed by atoms with Crippen molar-refractivity contribution in [1.29, 1.82) is 0 Å². The lowest BCUT2D eigenvalue weighted by Gasteiger charge is -2.00. The van der Waals surface area contributed by atoms with Crippen LogP contribution in [0.25, 0.3) is 10.4 Å². The standard InChI is InChI=1S/C11H15N3S/c1-8-11(10-4-3-7-15-10)9(14-13-8)5-6-12-2/h3-4,7,12H,5-6H2,1-2H3,(H,13,14). The van der Waals surface area contributed by atoms with Crippen molar-refractivity contribution in [2.24, 2.45) is 0 Å². The minimum Gasteiger partial charge on any atom is -0.319 e. The number of nitrogens with one attached hydrogen (secondary N) is 2. The molecule has 4 heteroatoms. The van der Waals surface area contributed by atoms with Gasteiger partial charge in [0.15, 0.2) is 0 Å². The van der Waals surface area contributed by atoms with Crippen molar-refractivity contribution in [2.75, 3.05) is 13.6 Å². The Morgan fingerprint density at radius 1 is 1.53 bits per heavy atom. The van der Waals surface area contributed by atoms with Gasteiger partial charge in [0.05, 0.1) is 5.69 Å². The highest BCUT2D eigenvalue weighted by Crippen LogP contribution is 2.29. The number of aromatic nitrogens is 2. The number of aromatic amines is 1. The molecule has 2 heterocycles. The summed E-state index contributed by atoms with van der Waals surface area (Å²) in [5.74, 6) is 0. The molecule has 0 spiro atoms. The zero-order valence-corrected chi connectivity index (χ0v) is 9.82. The van der Waals surface area contributed by atoms with E-state index in [1.54, 1.807) is 11.3 Å². The molecule has 2 N–H and O–H groups in total. The Labute approximate surface area is 93.5 Å². The first kappa shape index (κ1) is 10.4. The average Bonchev–Trinajstić information content (AvgIpc) is 2.84. The van der Waals surface area contributed by atoms with Crippen LogP contribution in [0.2, 0.25) is 0 Å². The number of rotatable bonds is 4. The highest BCUT2D eigenvalue weighted by Gasteiger charge is 2.12. The predicted molar refractivity (Wildman–Crippen MR) is 64.3 cm³/mol.